The van der Waals surface area contributed by atoms with Crippen LogP contribution in [0.3, 0.4) is 0 Å². The van der Waals surface area contributed by atoms with Crippen LogP contribution < -0.4 is 10.6 Å². The zero-order valence-corrected chi connectivity index (χ0v) is 10.2. The van der Waals surface area contributed by atoms with Crippen molar-refractivity contribution in [2.24, 2.45) is 5.73 Å². The Bertz CT molecular complexity index is 416. The van der Waals surface area contributed by atoms with E-state index in [1.54, 1.807) is 25.3 Å². The third kappa shape index (κ3) is 2.18. The van der Waals surface area contributed by atoms with Gasteiger partial charge in [-0.1, -0.05) is 0 Å². The van der Waals surface area contributed by atoms with Crippen molar-refractivity contribution in [3.05, 3.63) is 11.8 Å². The average molecular weight is 238 g/mol. The number of likely N-dealkylation sites (N-methyl/N-ethyl adjacent to an activating group) is 1. The summed E-state index contributed by atoms with van der Waals surface area (Å²) >= 11 is 0. The number of rotatable bonds is 3. The number of nitrogens with two attached hydrogens (primary N) is 1. The first-order valence-electron chi connectivity index (χ1n) is 5.72. The number of hydrogen-bond acceptors (Lipinski definition) is 4. The van der Waals surface area contributed by atoms with Gasteiger partial charge in [0.25, 0.3) is 0 Å². The van der Waals surface area contributed by atoms with E-state index in [1.807, 2.05) is 4.68 Å². The minimum absolute atomic E-state index is 0.0529. The summed E-state index contributed by atoms with van der Waals surface area (Å²) in [5.41, 5.74) is 6.83. The van der Waals surface area contributed by atoms with Crippen molar-refractivity contribution >= 4 is 11.7 Å². The molecule has 1 atom stereocenters. The Morgan fingerprint density at radius 2 is 2.41 bits per heavy atom. The fourth-order valence-electron chi connectivity index (χ4n) is 2.10. The normalized spacial score (nSPS) is 20.3. The lowest BCUT2D eigenvalue weighted by Crippen LogP contribution is -2.40. The lowest BCUT2D eigenvalue weighted by atomic mass is 10.2. The van der Waals surface area contributed by atoms with E-state index in [1.165, 1.54) is 0 Å². The Morgan fingerprint density at radius 3 is 3.12 bits per heavy atom. The van der Waals surface area contributed by atoms with Crippen LogP contribution in [0.15, 0.2) is 6.20 Å². The van der Waals surface area contributed by atoms with E-state index in [4.69, 9.17) is 10.5 Å². The van der Waals surface area contributed by atoms with Gasteiger partial charge in [-0.25, -0.2) is 4.68 Å². The molecule has 1 amide bonds. The number of aromatic nitrogens is 2. The molecule has 0 fully saturated rings. The van der Waals surface area contributed by atoms with E-state index < -0.39 is 6.04 Å². The number of hydrogen-bond donors (Lipinski definition) is 1. The molecule has 0 radical (unpaired) electrons. The van der Waals surface area contributed by atoms with Crippen LogP contribution in [-0.4, -0.2) is 42.5 Å². The number of fused-ring (bicyclic) bond motifs is 1. The highest BCUT2D eigenvalue weighted by atomic mass is 16.5. The van der Waals surface area contributed by atoms with Crippen LogP contribution in [0.2, 0.25) is 0 Å². The SMILES string of the molecule is COCCc1cnn2c1N(C)C(=O)C(N)CC2. The topological polar surface area (TPSA) is 73.4 Å². The second-order valence-corrected chi connectivity index (χ2v) is 4.25. The van der Waals surface area contributed by atoms with Crippen LogP contribution in [0.4, 0.5) is 5.82 Å². The lowest BCUT2D eigenvalue weighted by molar-refractivity contribution is -0.119. The summed E-state index contributed by atoms with van der Waals surface area (Å²) in [5.74, 6) is 0.794. The summed E-state index contributed by atoms with van der Waals surface area (Å²) in [6.07, 6.45) is 3.18. The molecule has 17 heavy (non-hydrogen) atoms. The maximum atomic E-state index is 12.0. The van der Waals surface area contributed by atoms with Crippen molar-refractivity contribution in [2.45, 2.75) is 25.4 Å². The van der Waals surface area contributed by atoms with E-state index in [9.17, 15) is 4.79 Å². The first-order valence-corrected chi connectivity index (χ1v) is 5.72. The molecule has 94 valence electrons. The molecule has 2 N–H and O–H groups in total. The summed E-state index contributed by atoms with van der Waals surface area (Å²) in [6, 6.07) is -0.433. The van der Waals surface area contributed by atoms with Crippen LogP contribution >= 0.6 is 0 Å². The van der Waals surface area contributed by atoms with Crippen LogP contribution in [-0.2, 0) is 22.5 Å². The molecule has 1 aliphatic rings. The van der Waals surface area contributed by atoms with Crippen molar-refractivity contribution in [2.75, 3.05) is 25.7 Å². The molecule has 6 nitrogen and oxygen atoms in total. The third-order valence-electron chi connectivity index (χ3n) is 3.08. The first kappa shape index (κ1) is 12.1. The lowest BCUT2D eigenvalue weighted by Gasteiger charge is -2.18. The van der Waals surface area contributed by atoms with Gasteiger partial charge in [0.1, 0.15) is 5.82 Å². The number of carbonyl (C=O) groups excluding carboxylic acids is 1. The van der Waals surface area contributed by atoms with Crippen molar-refractivity contribution in [1.82, 2.24) is 9.78 Å². The maximum absolute atomic E-state index is 12.0. The second-order valence-electron chi connectivity index (χ2n) is 4.25. The van der Waals surface area contributed by atoms with Gasteiger partial charge in [0.15, 0.2) is 0 Å². The number of nitrogens with zero attached hydrogens (tertiary/aromatic N) is 3. The molecule has 0 saturated heterocycles. The predicted molar refractivity (Wildman–Crippen MR) is 63.8 cm³/mol. The van der Waals surface area contributed by atoms with Crippen LogP contribution in [0.5, 0.6) is 0 Å². The zero-order valence-electron chi connectivity index (χ0n) is 10.2. The Labute approximate surface area is 100 Å². The molecule has 2 heterocycles. The van der Waals surface area contributed by atoms with Crippen LogP contribution in [0.25, 0.3) is 0 Å². The van der Waals surface area contributed by atoms with Gasteiger partial charge in [-0.05, 0) is 6.42 Å². The number of ether oxygens (including phenoxy) is 1. The number of carbonyl (C=O) groups is 1. The molecule has 1 unspecified atom stereocenters. The van der Waals surface area contributed by atoms with Gasteiger partial charge in [-0.3, -0.25) is 9.69 Å². The van der Waals surface area contributed by atoms with Gasteiger partial charge in [0.2, 0.25) is 5.91 Å². The highest BCUT2D eigenvalue weighted by Gasteiger charge is 2.27. The second kappa shape index (κ2) is 4.85. The van der Waals surface area contributed by atoms with Gasteiger partial charge in [-0.2, -0.15) is 5.10 Å². The Hall–Kier alpha value is -1.40. The largest absolute Gasteiger partial charge is 0.384 e. The summed E-state index contributed by atoms with van der Waals surface area (Å²) in [5, 5.41) is 4.30. The zero-order chi connectivity index (χ0) is 12.4. The standard InChI is InChI=1S/C11H18N4O2/c1-14-10-8(4-6-17-2)7-13-15(10)5-3-9(12)11(14)16/h7,9H,3-6,12H2,1-2H3. The van der Waals surface area contributed by atoms with Gasteiger partial charge < -0.3 is 10.5 Å². The molecule has 0 saturated carbocycles. The highest BCUT2D eigenvalue weighted by molar-refractivity contribution is 5.96. The molecule has 6 heteroatoms. The molecular weight excluding hydrogens is 220 g/mol. The van der Waals surface area contributed by atoms with Crippen molar-refractivity contribution in [1.29, 1.82) is 0 Å². The number of anilines is 1. The summed E-state index contributed by atoms with van der Waals surface area (Å²) in [4.78, 5) is 13.6. The smallest absolute Gasteiger partial charge is 0.244 e. The summed E-state index contributed by atoms with van der Waals surface area (Å²) < 4.78 is 6.90. The monoisotopic (exact) mass is 238 g/mol. The molecule has 0 aromatic carbocycles. The minimum atomic E-state index is -0.433. The fraction of sp³-hybridized carbons (Fsp3) is 0.636. The van der Waals surface area contributed by atoms with Crippen molar-refractivity contribution < 1.29 is 9.53 Å². The van der Waals surface area contributed by atoms with Crippen molar-refractivity contribution in [3.63, 3.8) is 0 Å². The van der Waals surface area contributed by atoms with Crippen LogP contribution in [0.1, 0.15) is 12.0 Å². The Morgan fingerprint density at radius 1 is 1.65 bits per heavy atom. The summed E-state index contributed by atoms with van der Waals surface area (Å²) in [7, 11) is 3.41. The van der Waals surface area contributed by atoms with Gasteiger partial charge >= 0.3 is 0 Å². The molecule has 0 bridgehead atoms. The molecule has 0 spiro atoms. The van der Waals surface area contributed by atoms with Gasteiger partial charge in [-0.15, -0.1) is 0 Å². The van der Waals surface area contributed by atoms with Gasteiger partial charge in [0.05, 0.1) is 18.8 Å². The molecule has 2 rings (SSSR count). The molecule has 0 aliphatic carbocycles. The quantitative estimate of drug-likeness (QED) is 0.789. The number of amides is 1. The molecule has 1 aromatic rings. The first-order chi connectivity index (χ1) is 8.15. The average Bonchev–Trinajstić information content (AvgIpc) is 2.70. The Balaban J connectivity index is 2.31. The van der Waals surface area contributed by atoms with Crippen LogP contribution in [0, 0.1) is 0 Å². The Kier molecular flexibility index (Phi) is 3.44. The van der Waals surface area contributed by atoms with E-state index in [-0.39, 0.29) is 5.91 Å². The fourth-order valence-corrected chi connectivity index (χ4v) is 2.10. The van der Waals surface area contributed by atoms with Crippen molar-refractivity contribution in [3.8, 4) is 0 Å². The highest BCUT2D eigenvalue weighted by Crippen LogP contribution is 2.24. The molecule has 1 aliphatic heterocycles. The molecular formula is C11H18N4O2. The third-order valence-corrected chi connectivity index (χ3v) is 3.08. The molecule has 1 aromatic heterocycles. The van der Waals surface area contributed by atoms with Gasteiger partial charge in [0, 0.05) is 32.7 Å². The van der Waals surface area contributed by atoms with E-state index in [0.717, 1.165) is 17.8 Å². The minimum Gasteiger partial charge on any atom is -0.384 e. The maximum Gasteiger partial charge on any atom is 0.244 e. The number of methoxy groups -OCH3 is 1. The summed E-state index contributed by atoms with van der Waals surface area (Å²) in [6.45, 7) is 1.30. The van der Waals surface area contributed by atoms with E-state index in [2.05, 4.69) is 5.10 Å². The predicted octanol–water partition coefficient (Wildman–Crippen LogP) is -0.234. The van der Waals surface area contributed by atoms with E-state index >= 15 is 0 Å². The number of aryl methyl sites for hydroxylation is 1. The van der Waals surface area contributed by atoms with E-state index in [0.29, 0.717) is 19.6 Å².